The summed E-state index contributed by atoms with van der Waals surface area (Å²) in [4.78, 5) is 3.93. The lowest BCUT2D eigenvalue weighted by atomic mass is 10.7. The van der Waals surface area contributed by atoms with Crippen LogP contribution in [0.15, 0.2) is 18.7 Å². The van der Waals surface area contributed by atoms with Gasteiger partial charge in [0.05, 0.1) is 6.33 Å². The van der Waals surface area contributed by atoms with Gasteiger partial charge in [0.2, 0.25) is 0 Å². The van der Waals surface area contributed by atoms with Crippen molar-refractivity contribution >= 4 is 11.8 Å². The number of hydrogen-bond acceptors (Lipinski definition) is 2. The first-order chi connectivity index (χ1) is 4.43. The molecule has 0 bridgehead atoms. The molecule has 0 aliphatic carbocycles. The highest BCUT2D eigenvalue weighted by atomic mass is 32.2. The van der Waals surface area contributed by atoms with Crippen molar-refractivity contribution in [2.45, 2.75) is 6.54 Å². The van der Waals surface area contributed by atoms with E-state index in [1.807, 2.05) is 24.3 Å². The number of rotatable bonds is 3. The lowest BCUT2D eigenvalue weighted by molar-refractivity contribution is 0.771. The van der Waals surface area contributed by atoms with Crippen LogP contribution in [0.3, 0.4) is 0 Å². The van der Waals surface area contributed by atoms with Crippen LogP contribution in [0.1, 0.15) is 0 Å². The van der Waals surface area contributed by atoms with Gasteiger partial charge in [0, 0.05) is 24.7 Å². The summed E-state index contributed by atoms with van der Waals surface area (Å²) < 4.78 is 2.08. The summed E-state index contributed by atoms with van der Waals surface area (Å²) in [5.74, 6) is 1.16. The first-order valence-corrected chi connectivity index (χ1v) is 4.27. The Hall–Kier alpha value is -0.440. The minimum Gasteiger partial charge on any atom is -0.337 e. The molecule has 3 heteroatoms. The fraction of sp³-hybridized carbons (Fsp3) is 0.500. The zero-order chi connectivity index (χ0) is 6.53. The van der Waals surface area contributed by atoms with Crippen LogP contribution in [0.25, 0.3) is 0 Å². The molecule has 0 unspecified atom stereocenters. The maximum atomic E-state index is 3.93. The molecule has 0 saturated carbocycles. The van der Waals surface area contributed by atoms with Crippen molar-refractivity contribution < 1.29 is 0 Å². The zero-order valence-electron chi connectivity index (χ0n) is 5.45. The van der Waals surface area contributed by atoms with E-state index >= 15 is 0 Å². The average Bonchev–Trinajstić information content (AvgIpc) is 2.34. The lowest BCUT2D eigenvalue weighted by Crippen LogP contribution is -1.95. The van der Waals surface area contributed by atoms with Gasteiger partial charge >= 0.3 is 0 Å². The third kappa shape index (κ3) is 2.10. The summed E-state index contributed by atoms with van der Waals surface area (Å²) in [5, 5.41) is 0. The Kier molecular flexibility index (Phi) is 2.64. The van der Waals surface area contributed by atoms with Crippen LogP contribution in [0.2, 0.25) is 0 Å². The third-order valence-corrected chi connectivity index (χ3v) is 1.70. The number of imidazole rings is 1. The zero-order valence-corrected chi connectivity index (χ0v) is 6.27. The summed E-state index contributed by atoms with van der Waals surface area (Å²) >= 11 is 1.85. The predicted octanol–water partition coefficient (Wildman–Crippen LogP) is 1.25. The van der Waals surface area contributed by atoms with Gasteiger partial charge < -0.3 is 4.57 Å². The number of aromatic nitrogens is 2. The monoisotopic (exact) mass is 142 g/mol. The molecule has 0 aliphatic heterocycles. The van der Waals surface area contributed by atoms with Crippen molar-refractivity contribution in [2.75, 3.05) is 12.0 Å². The quantitative estimate of drug-likeness (QED) is 0.632. The van der Waals surface area contributed by atoms with Crippen LogP contribution in [0, 0.1) is 0 Å². The Balaban J connectivity index is 2.30. The minimum absolute atomic E-state index is 1.07. The molecule has 1 aromatic heterocycles. The van der Waals surface area contributed by atoms with Crippen molar-refractivity contribution in [2.24, 2.45) is 0 Å². The molecule has 50 valence electrons. The van der Waals surface area contributed by atoms with Gasteiger partial charge in [-0.05, 0) is 6.26 Å². The standard InChI is InChI=1S/C6H10N2S/c1-9-5-4-8-3-2-7-6-8/h2-3,6H,4-5H2,1H3. The molecule has 0 atom stereocenters. The molecule has 0 saturated heterocycles. The summed E-state index contributed by atoms with van der Waals surface area (Å²) in [6, 6.07) is 0. The van der Waals surface area contributed by atoms with Crippen molar-refractivity contribution in [1.29, 1.82) is 0 Å². The molecule has 0 N–H and O–H groups in total. The Morgan fingerprint density at radius 1 is 1.67 bits per heavy atom. The second-order valence-corrected chi connectivity index (χ2v) is 2.78. The van der Waals surface area contributed by atoms with Crippen LogP contribution in [-0.2, 0) is 6.54 Å². The summed E-state index contributed by atoms with van der Waals surface area (Å²) in [6.07, 6.45) is 7.74. The second-order valence-electron chi connectivity index (χ2n) is 1.79. The van der Waals surface area contributed by atoms with E-state index < -0.39 is 0 Å². The molecule has 1 heterocycles. The van der Waals surface area contributed by atoms with Gasteiger partial charge in [0.25, 0.3) is 0 Å². The Labute approximate surface area is 59.3 Å². The fourth-order valence-corrected chi connectivity index (χ4v) is 1.01. The van der Waals surface area contributed by atoms with Gasteiger partial charge in [-0.15, -0.1) is 0 Å². The maximum absolute atomic E-state index is 3.93. The molecule has 0 amide bonds. The van der Waals surface area contributed by atoms with Crippen LogP contribution >= 0.6 is 11.8 Å². The molecule has 0 fully saturated rings. The molecule has 9 heavy (non-hydrogen) atoms. The van der Waals surface area contributed by atoms with Gasteiger partial charge in [-0.1, -0.05) is 0 Å². The maximum Gasteiger partial charge on any atom is 0.0946 e. The second kappa shape index (κ2) is 3.56. The lowest BCUT2D eigenvalue weighted by Gasteiger charge is -1.96. The fourth-order valence-electron chi connectivity index (χ4n) is 0.616. The van der Waals surface area contributed by atoms with Crippen LogP contribution in [0.5, 0.6) is 0 Å². The normalized spacial score (nSPS) is 9.89. The number of aryl methyl sites for hydroxylation is 1. The molecule has 2 nitrogen and oxygen atoms in total. The van der Waals surface area contributed by atoms with E-state index in [4.69, 9.17) is 0 Å². The van der Waals surface area contributed by atoms with E-state index in [1.54, 1.807) is 6.20 Å². The highest BCUT2D eigenvalue weighted by Gasteiger charge is 1.85. The van der Waals surface area contributed by atoms with E-state index in [2.05, 4.69) is 15.8 Å². The van der Waals surface area contributed by atoms with Gasteiger partial charge in [-0.2, -0.15) is 11.8 Å². The molecule has 0 radical (unpaired) electrons. The Morgan fingerprint density at radius 2 is 2.56 bits per heavy atom. The summed E-state index contributed by atoms with van der Waals surface area (Å²) in [6.45, 7) is 1.07. The topological polar surface area (TPSA) is 17.8 Å². The molecular formula is C6H10N2S. The third-order valence-electron chi connectivity index (χ3n) is 1.11. The first-order valence-electron chi connectivity index (χ1n) is 2.88. The number of hydrogen-bond donors (Lipinski definition) is 0. The van der Waals surface area contributed by atoms with Crippen LogP contribution in [0.4, 0.5) is 0 Å². The molecule has 0 spiro atoms. The molecule has 1 aromatic rings. The highest BCUT2D eigenvalue weighted by Crippen LogP contribution is 1.93. The Bertz CT molecular complexity index is 148. The summed E-state index contributed by atoms with van der Waals surface area (Å²) in [5.41, 5.74) is 0. The van der Waals surface area contributed by atoms with Crippen LogP contribution in [-0.4, -0.2) is 21.6 Å². The van der Waals surface area contributed by atoms with E-state index in [0.717, 1.165) is 12.3 Å². The first kappa shape index (κ1) is 6.68. The molecule has 0 aliphatic rings. The van der Waals surface area contributed by atoms with E-state index in [0.29, 0.717) is 0 Å². The van der Waals surface area contributed by atoms with E-state index in [1.165, 1.54) is 0 Å². The number of thioether (sulfide) groups is 1. The largest absolute Gasteiger partial charge is 0.337 e. The van der Waals surface area contributed by atoms with Gasteiger partial charge in [-0.3, -0.25) is 0 Å². The highest BCUT2D eigenvalue weighted by molar-refractivity contribution is 7.98. The van der Waals surface area contributed by atoms with Crippen molar-refractivity contribution in [3.63, 3.8) is 0 Å². The van der Waals surface area contributed by atoms with Crippen molar-refractivity contribution in [3.8, 4) is 0 Å². The van der Waals surface area contributed by atoms with Crippen LogP contribution < -0.4 is 0 Å². The Morgan fingerprint density at radius 3 is 3.11 bits per heavy atom. The SMILES string of the molecule is CSCCn1ccnc1. The van der Waals surface area contributed by atoms with Gasteiger partial charge in [-0.25, -0.2) is 4.98 Å². The predicted molar refractivity (Wildman–Crippen MR) is 40.6 cm³/mol. The average molecular weight is 142 g/mol. The summed E-state index contributed by atoms with van der Waals surface area (Å²) in [7, 11) is 0. The van der Waals surface area contributed by atoms with E-state index in [-0.39, 0.29) is 0 Å². The smallest absolute Gasteiger partial charge is 0.0946 e. The number of nitrogens with zero attached hydrogens (tertiary/aromatic N) is 2. The van der Waals surface area contributed by atoms with Crippen molar-refractivity contribution in [3.05, 3.63) is 18.7 Å². The van der Waals surface area contributed by atoms with Crippen molar-refractivity contribution in [1.82, 2.24) is 9.55 Å². The van der Waals surface area contributed by atoms with E-state index in [9.17, 15) is 0 Å². The molecule has 0 aromatic carbocycles. The van der Waals surface area contributed by atoms with Gasteiger partial charge in [0.15, 0.2) is 0 Å². The molecular weight excluding hydrogens is 132 g/mol. The minimum atomic E-state index is 1.07. The van der Waals surface area contributed by atoms with Gasteiger partial charge in [0.1, 0.15) is 0 Å². The molecule has 1 rings (SSSR count).